The second kappa shape index (κ2) is 10.6. The third-order valence-electron chi connectivity index (χ3n) is 3.31. The quantitative estimate of drug-likeness (QED) is 0.541. The smallest absolute Gasteiger partial charge is 0.338 e. The normalized spacial score (nSPS) is 10.1. The summed E-state index contributed by atoms with van der Waals surface area (Å²) in [4.78, 5) is 35.9. The summed E-state index contributed by atoms with van der Waals surface area (Å²) in [6.07, 6.45) is 0. The van der Waals surface area contributed by atoms with Crippen LogP contribution in [0.5, 0.6) is 0 Å². The van der Waals surface area contributed by atoms with Crippen LogP contribution in [-0.2, 0) is 15.3 Å². The zero-order valence-electron chi connectivity index (χ0n) is 14.7. The molecular formula is C19H19ClN2O4S. The topological polar surface area (TPSA) is 84.5 Å². The Morgan fingerprint density at radius 3 is 2.56 bits per heavy atom. The number of imide groups is 1. The van der Waals surface area contributed by atoms with Gasteiger partial charge in [-0.1, -0.05) is 23.7 Å². The Morgan fingerprint density at radius 2 is 1.85 bits per heavy atom. The van der Waals surface area contributed by atoms with Gasteiger partial charge in [0.2, 0.25) is 0 Å². The van der Waals surface area contributed by atoms with Gasteiger partial charge in [0.1, 0.15) is 0 Å². The highest BCUT2D eigenvalue weighted by Crippen LogP contribution is 2.24. The maximum absolute atomic E-state index is 12.1. The number of halogens is 1. The van der Waals surface area contributed by atoms with E-state index in [1.165, 1.54) is 0 Å². The summed E-state index contributed by atoms with van der Waals surface area (Å²) in [5.74, 6) is -0.649. The molecule has 2 N–H and O–H groups in total. The molecular weight excluding hydrogens is 388 g/mol. The maximum atomic E-state index is 12.1. The highest BCUT2D eigenvalue weighted by Gasteiger charge is 2.12. The van der Waals surface area contributed by atoms with Crippen LogP contribution in [0.3, 0.4) is 0 Å². The molecule has 2 aromatic rings. The second-order valence-electron chi connectivity index (χ2n) is 5.43. The zero-order chi connectivity index (χ0) is 19.6. The Balaban J connectivity index is 1.86. The average molecular weight is 407 g/mol. The predicted molar refractivity (Wildman–Crippen MR) is 105 cm³/mol. The minimum Gasteiger partial charge on any atom is -0.452 e. The third kappa shape index (κ3) is 7.32. The van der Waals surface area contributed by atoms with Gasteiger partial charge in [-0.05, 0) is 48.9 Å². The highest BCUT2D eigenvalue weighted by atomic mass is 35.5. The van der Waals surface area contributed by atoms with E-state index < -0.39 is 24.5 Å². The molecule has 6 nitrogen and oxygen atoms in total. The van der Waals surface area contributed by atoms with Crippen LogP contribution < -0.4 is 10.6 Å². The summed E-state index contributed by atoms with van der Waals surface area (Å²) in [6.45, 7) is 1.59. The van der Waals surface area contributed by atoms with Gasteiger partial charge in [0, 0.05) is 22.2 Å². The molecule has 27 heavy (non-hydrogen) atoms. The van der Waals surface area contributed by atoms with E-state index in [2.05, 4.69) is 10.6 Å². The monoisotopic (exact) mass is 406 g/mol. The Hall–Kier alpha value is -2.51. The SMILES string of the molecule is CCNC(=O)NC(=O)COC(=O)c1cccc(CSc2ccc(Cl)cc2)c1. The van der Waals surface area contributed by atoms with E-state index in [0.29, 0.717) is 22.9 Å². The summed E-state index contributed by atoms with van der Waals surface area (Å²) in [7, 11) is 0. The number of ether oxygens (including phenoxy) is 1. The average Bonchev–Trinajstić information content (AvgIpc) is 2.66. The lowest BCUT2D eigenvalue weighted by Gasteiger charge is -2.07. The van der Waals surface area contributed by atoms with E-state index in [9.17, 15) is 14.4 Å². The van der Waals surface area contributed by atoms with Crippen LogP contribution >= 0.6 is 23.4 Å². The number of esters is 1. The number of carbonyl (C=O) groups is 3. The Morgan fingerprint density at radius 1 is 1.11 bits per heavy atom. The molecule has 8 heteroatoms. The van der Waals surface area contributed by atoms with Gasteiger partial charge >= 0.3 is 12.0 Å². The number of carbonyl (C=O) groups excluding carboxylic acids is 3. The molecule has 0 atom stereocenters. The summed E-state index contributed by atoms with van der Waals surface area (Å²) in [5, 5.41) is 5.16. The van der Waals surface area contributed by atoms with E-state index in [1.807, 2.05) is 30.3 Å². The number of urea groups is 1. The molecule has 3 amide bonds. The van der Waals surface area contributed by atoms with Crippen LogP contribution in [0, 0.1) is 0 Å². The molecule has 0 heterocycles. The molecule has 0 fully saturated rings. The van der Waals surface area contributed by atoms with Gasteiger partial charge in [0.15, 0.2) is 6.61 Å². The lowest BCUT2D eigenvalue weighted by molar-refractivity contribution is -0.123. The lowest BCUT2D eigenvalue weighted by atomic mass is 10.1. The summed E-state index contributed by atoms with van der Waals surface area (Å²) in [6, 6.07) is 13.9. The molecule has 2 rings (SSSR count). The number of thioether (sulfide) groups is 1. The van der Waals surface area contributed by atoms with Gasteiger partial charge in [-0.2, -0.15) is 0 Å². The standard InChI is InChI=1S/C19H19ClN2O4S/c1-2-21-19(25)22-17(23)11-26-18(24)14-5-3-4-13(10-14)12-27-16-8-6-15(20)7-9-16/h3-10H,2,11-12H2,1H3,(H2,21,22,23,25). The van der Waals surface area contributed by atoms with Crippen LogP contribution in [0.15, 0.2) is 53.4 Å². The Labute approximate surface area is 166 Å². The van der Waals surface area contributed by atoms with Gasteiger partial charge < -0.3 is 10.1 Å². The van der Waals surface area contributed by atoms with E-state index in [-0.39, 0.29) is 0 Å². The van der Waals surface area contributed by atoms with E-state index >= 15 is 0 Å². The number of nitrogens with one attached hydrogen (secondary N) is 2. The van der Waals surface area contributed by atoms with Crippen molar-refractivity contribution >= 4 is 41.3 Å². The van der Waals surface area contributed by atoms with Crippen molar-refractivity contribution in [2.75, 3.05) is 13.2 Å². The number of benzene rings is 2. The first kappa shape index (κ1) is 20.8. The van der Waals surface area contributed by atoms with E-state index in [0.717, 1.165) is 10.5 Å². The molecule has 0 radical (unpaired) electrons. The van der Waals surface area contributed by atoms with Crippen LogP contribution in [0.2, 0.25) is 5.02 Å². The first-order valence-electron chi connectivity index (χ1n) is 8.20. The van der Waals surface area contributed by atoms with E-state index in [1.54, 1.807) is 36.9 Å². The fourth-order valence-corrected chi connectivity index (χ4v) is 3.03. The number of hydrogen-bond donors (Lipinski definition) is 2. The van der Waals surface area contributed by atoms with Crippen molar-refractivity contribution in [2.24, 2.45) is 0 Å². The molecule has 0 bridgehead atoms. The van der Waals surface area contributed by atoms with Gasteiger partial charge in [-0.25, -0.2) is 9.59 Å². The van der Waals surface area contributed by atoms with Crippen molar-refractivity contribution in [2.45, 2.75) is 17.6 Å². The lowest BCUT2D eigenvalue weighted by Crippen LogP contribution is -2.41. The Kier molecular flexibility index (Phi) is 8.16. The first-order valence-corrected chi connectivity index (χ1v) is 9.56. The van der Waals surface area contributed by atoms with Crippen LogP contribution in [-0.4, -0.2) is 31.1 Å². The van der Waals surface area contributed by atoms with Gasteiger partial charge in [0.05, 0.1) is 5.56 Å². The van der Waals surface area contributed by atoms with Crippen molar-refractivity contribution in [1.82, 2.24) is 10.6 Å². The third-order valence-corrected chi connectivity index (χ3v) is 4.64. The Bertz CT molecular complexity index is 812. The number of amides is 3. The van der Waals surface area contributed by atoms with Crippen molar-refractivity contribution in [3.63, 3.8) is 0 Å². The molecule has 0 spiro atoms. The minimum absolute atomic E-state index is 0.343. The molecule has 0 aliphatic rings. The minimum atomic E-state index is -0.691. The van der Waals surface area contributed by atoms with Crippen LogP contribution in [0.1, 0.15) is 22.8 Å². The maximum Gasteiger partial charge on any atom is 0.338 e. The van der Waals surface area contributed by atoms with Crippen LogP contribution in [0.25, 0.3) is 0 Å². The molecule has 0 unspecified atom stereocenters. The van der Waals surface area contributed by atoms with Crippen molar-refractivity contribution < 1.29 is 19.1 Å². The molecule has 0 aliphatic heterocycles. The van der Waals surface area contributed by atoms with Crippen molar-refractivity contribution in [1.29, 1.82) is 0 Å². The number of hydrogen-bond acceptors (Lipinski definition) is 5. The summed E-state index contributed by atoms with van der Waals surface area (Å²) >= 11 is 7.48. The zero-order valence-corrected chi connectivity index (χ0v) is 16.2. The predicted octanol–water partition coefficient (Wildman–Crippen LogP) is 3.63. The summed E-state index contributed by atoms with van der Waals surface area (Å²) < 4.78 is 4.95. The van der Waals surface area contributed by atoms with Crippen molar-refractivity contribution in [3.8, 4) is 0 Å². The second-order valence-corrected chi connectivity index (χ2v) is 6.91. The molecule has 0 aromatic heterocycles. The van der Waals surface area contributed by atoms with Crippen LogP contribution in [0.4, 0.5) is 4.79 Å². The van der Waals surface area contributed by atoms with Gasteiger partial charge in [-0.15, -0.1) is 11.8 Å². The summed E-state index contributed by atoms with van der Waals surface area (Å²) in [5.41, 5.74) is 1.28. The van der Waals surface area contributed by atoms with Gasteiger partial charge in [-0.3, -0.25) is 10.1 Å². The number of rotatable bonds is 7. The molecule has 0 aliphatic carbocycles. The fraction of sp³-hybridized carbons (Fsp3) is 0.211. The molecule has 0 saturated carbocycles. The van der Waals surface area contributed by atoms with Gasteiger partial charge in [0.25, 0.3) is 5.91 Å². The fourth-order valence-electron chi connectivity index (χ4n) is 2.07. The molecule has 2 aromatic carbocycles. The largest absolute Gasteiger partial charge is 0.452 e. The molecule has 142 valence electrons. The first-order chi connectivity index (χ1) is 13.0. The highest BCUT2D eigenvalue weighted by molar-refractivity contribution is 7.98. The molecule has 0 saturated heterocycles. The van der Waals surface area contributed by atoms with Crippen molar-refractivity contribution in [3.05, 3.63) is 64.7 Å². The van der Waals surface area contributed by atoms with E-state index in [4.69, 9.17) is 16.3 Å².